The highest BCUT2D eigenvalue weighted by atomic mass is 15.1. The van der Waals surface area contributed by atoms with Gasteiger partial charge in [0.25, 0.3) is 0 Å². The topological polar surface area (TPSA) is 46.8 Å². The largest absolute Gasteiger partial charge is 0.306 e. The van der Waals surface area contributed by atoms with E-state index in [1.54, 1.807) is 18.7 Å². The fourth-order valence-corrected chi connectivity index (χ4v) is 2.39. The Balaban J connectivity index is 1.83. The van der Waals surface area contributed by atoms with Gasteiger partial charge in [-0.25, -0.2) is 9.97 Å². The highest BCUT2D eigenvalue weighted by Gasteiger charge is 2.20. The number of rotatable bonds is 2. The quantitative estimate of drug-likeness (QED) is 0.801. The zero-order valence-electron chi connectivity index (χ0n) is 10.5. The lowest BCUT2D eigenvalue weighted by Gasteiger charge is -2.28. The molecular formula is C13H17N5. The Morgan fingerprint density at radius 3 is 2.72 bits per heavy atom. The maximum atomic E-state index is 4.71. The smallest absolute Gasteiger partial charge is 0.156 e. The molecule has 0 radical (unpaired) electrons. The SMILES string of the molecule is CN1CCC(c2cncc(-n3ccnc3)n2)CC1. The van der Waals surface area contributed by atoms with E-state index >= 15 is 0 Å². The van der Waals surface area contributed by atoms with Crippen molar-refractivity contribution in [2.45, 2.75) is 18.8 Å². The minimum atomic E-state index is 0.539. The summed E-state index contributed by atoms with van der Waals surface area (Å²) in [7, 11) is 2.17. The van der Waals surface area contributed by atoms with Crippen molar-refractivity contribution in [2.75, 3.05) is 20.1 Å². The second-order valence-electron chi connectivity index (χ2n) is 4.85. The van der Waals surface area contributed by atoms with E-state index in [0.717, 1.165) is 24.6 Å². The molecule has 0 bridgehead atoms. The first-order valence-electron chi connectivity index (χ1n) is 6.32. The third-order valence-electron chi connectivity index (χ3n) is 3.55. The molecule has 0 unspecified atom stereocenters. The van der Waals surface area contributed by atoms with Crippen molar-refractivity contribution in [1.29, 1.82) is 0 Å². The molecule has 1 saturated heterocycles. The van der Waals surface area contributed by atoms with E-state index in [1.165, 1.54) is 12.8 Å². The molecule has 0 aliphatic carbocycles. The van der Waals surface area contributed by atoms with Crippen molar-refractivity contribution in [3.63, 3.8) is 0 Å². The van der Waals surface area contributed by atoms with E-state index in [4.69, 9.17) is 4.98 Å². The van der Waals surface area contributed by atoms with Crippen LogP contribution in [0, 0.1) is 0 Å². The zero-order valence-corrected chi connectivity index (χ0v) is 10.5. The molecule has 1 fully saturated rings. The number of hydrogen-bond acceptors (Lipinski definition) is 4. The highest BCUT2D eigenvalue weighted by molar-refractivity contribution is 5.21. The molecule has 18 heavy (non-hydrogen) atoms. The highest BCUT2D eigenvalue weighted by Crippen LogP contribution is 2.25. The zero-order chi connectivity index (χ0) is 12.4. The summed E-state index contributed by atoms with van der Waals surface area (Å²) in [6.07, 6.45) is 11.4. The number of likely N-dealkylation sites (tertiary alicyclic amines) is 1. The van der Waals surface area contributed by atoms with Gasteiger partial charge in [-0.3, -0.25) is 9.55 Å². The molecule has 5 nitrogen and oxygen atoms in total. The first-order valence-corrected chi connectivity index (χ1v) is 6.32. The van der Waals surface area contributed by atoms with E-state index in [9.17, 15) is 0 Å². The standard InChI is InChI=1S/C13H17N5/c1-17-5-2-11(3-6-17)12-8-15-9-13(16-12)18-7-4-14-10-18/h4,7-11H,2-3,5-6H2,1H3. The van der Waals surface area contributed by atoms with Gasteiger partial charge in [-0.15, -0.1) is 0 Å². The van der Waals surface area contributed by atoms with Gasteiger partial charge in [0, 0.05) is 24.5 Å². The molecule has 0 saturated carbocycles. The molecule has 0 aromatic carbocycles. The molecule has 0 atom stereocenters. The van der Waals surface area contributed by atoms with Crippen LogP contribution in [0.2, 0.25) is 0 Å². The maximum absolute atomic E-state index is 4.71. The molecule has 1 aliphatic heterocycles. The Morgan fingerprint density at radius 1 is 1.17 bits per heavy atom. The van der Waals surface area contributed by atoms with Crippen molar-refractivity contribution in [3.05, 3.63) is 36.8 Å². The fraction of sp³-hybridized carbons (Fsp3) is 0.462. The van der Waals surface area contributed by atoms with E-state index in [2.05, 4.69) is 21.9 Å². The Labute approximate surface area is 107 Å². The lowest BCUT2D eigenvalue weighted by atomic mass is 9.94. The Bertz CT molecular complexity index is 500. The van der Waals surface area contributed by atoms with Gasteiger partial charge in [0.15, 0.2) is 5.82 Å². The molecule has 0 N–H and O–H groups in total. The van der Waals surface area contributed by atoms with Gasteiger partial charge >= 0.3 is 0 Å². The molecule has 3 heterocycles. The molecule has 0 spiro atoms. The molecular weight excluding hydrogens is 226 g/mol. The number of nitrogens with zero attached hydrogens (tertiary/aromatic N) is 5. The first kappa shape index (κ1) is 11.3. The van der Waals surface area contributed by atoms with Crippen molar-refractivity contribution < 1.29 is 0 Å². The van der Waals surface area contributed by atoms with Crippen LogP contribution in [-0.4, -0.2) is 44.6 Å². The van der Waals surface area contributed by atoms with Crippen LogP contribution < -0.4 is 0 Å². The van der Waals surface area contributed by atoms with Crippen LogP contribution in [0.15, 0.2) is 31.1 Å². The summed E-state index contributed by atoms with van der Waals surface area (Å²) in [5.74, 6) is 1.39. The summed E-state index contributed by atoms with van der Waals surface area (Å²) >= 11 is 0. The maximum Gasteiger partial charge on any atom is 0.156 e. The predicted octanol–water partition coefficient (Wildman–Crippen LogP) is 1.47. The molecule has 2 aromatic heterocycles. The molecule has 5 heteroatoms. The van der Waals surface area contributed by atoms with Gasteiger partial charge in [0.05, 0.1) is 11.9 Å². The van der Waals surface area contributed by atoms with E-state index < -0.39 is 0 Å². The van der Waals surface area contributed by atoms with E-state index in [-0.39, 0.29) is 0 Å². The lowest BCUT2D eigenvalue weighted by Crippen LogP contribution is -2.29. The minimum Gasteiger partial charge on any atom is -0.306 e. The molecule has 0 amide bonds. The summed E-state index contributed by atoms with van der Waals surface area (Å²) in [4.78, 5) is 15.4. The molecule has 3 rings (SSSR count). The van der Waals surface area contributed by atoms with Gasteiger partial charge in [-0.2, -0.15) is 0 Å². The van der Waals surface area contributed by atoms with Gasteiger partial charge in [0.1, 0.15) is 6.33 Å². The van der Waals surface area contributed by atoms with Crippen LogP contribution >= 0.6 is 0 Å². The molecule has 1 aliphatic rings. The second-order valence-corrected chi connectivity index (χ2v) is 4.85. The van der Waals surface area contributed by atoms with Crippen LogP contribution in [0.3, 0.4) is 0 Å². The number of imidazole rings is 1. The van der Waals surface area contributed by atoms with Gasteiger partial charge in [-0.1, -0.05) is 0 Å². The van der Waals surface area contributed by atoms with E-state index in [1.807, 2.05) is 17.0 Å². The van der Waals surface area contributed by atoms with Crippen molar-refractivity contribution in [2.24, 2.45) is 0 Å². The number of hydrogen-bond donors (Lipinski definition) is 0. The van der Waals surface area contributed by atoms with Crippen molar-refractivity contribution in [3.8, 4) is 5.82 Å². The third kappa shape index (κ3) is 2.26. The first-order chi connectivity index (χ1) is 8.83. The summed E-state index contributed by atoms with van der Waals surface area (Å²) < 4.78 is 1.89. The predicted molar refractivity (Wildman–Crippen MR) is 68.6 cm³/mol. The lowest BCUT2D eigenvalue weighted by molar-refractivity contribution is 0.253. The van der Waals surface area contributed by atoms with Gasteiger partial charge in [0.2, 0.25) is 0 Å². The molecule has 94 valence electrons. The fourth-order valence-electron chi connectivity index (χ4n) is 2.39. The van der Waals surface area contributed by atoms with Gasteiger partial charge in [-0.05, 0) is 33.0 Å². The number of piperidine rings is 1. The summed E-state index contributed by atoms with van der Waals surface area (Å²) in [5.41, 5.74) is 1.11. The summed E-state index contributed by atoms with van der Waals surface area (Å²) in [6, 6.07) is 0. The van der Waals surface area contributed by atoms with Crippen LogP contribution in [0.25, 0.3) is 5.82 Å². The van der Waals surface area contributed by atoms with Crippen LogP contribution in [0.5, 0.6) is 0 Å². The summed E-state index contributed by atoms with van der Waals surface area (Å²) in [6.45, 7) is 2.28. The van der Waals surface area contributed by atoms with Crippen LogP contribution in [0.1, 0.15) is 24.5 Å². The average Bonchev–Trinajstić information content (AvgIpc) is 2.94. The van der Waals surface area contributed by atoms with Crippen LogP contribution in [-0.2, 0) is 0 Å². The number of aromatic nitrogens is 4. The van der Waals surface area contributed by atoms with Gasteiger partial charge < -0.3 is 4.90 Å². The van der Waals surface area contributed by atoms with Crippen LogP contribution in [0.4, 0.5) is 0 Å². The average molecular weight is 243 g/mol. The molecule has 2 aromatic rings. The van der Waals surface area contributed by atoms with Crippen molar-refractivity contribution in [1.82, 2.24) is 24.4 Å². The van der Waals surface area contributed by atoms with E-state index in [0.29, 0.717) is 5.92 Å². The van der Waals surface area contributed by atoms with Crippen molar-refractivity contribution >= 4 is 0 Å². The minimum absolute atomic E-state index is 0.539. The summed E-state index contributed by atoms with van der Waals surface area (Å²) in [5, 5.41) is 0. The monoisotopic (exact) mass is 243 g/mol. The Hall–Kier alpha value is -1.75. The second kappa shape index (κ2) is 4.86. The Kier molecular flexibility index (Phi) is 3.06. The Morgan fingerprint density at radius 2 is 2.00 bits per heavy atom. The normalized spacial score (nSPS) is 18.1. The third-order valence-corrected chi connectivity index (χ3v) is 3.55.